The van der Waals surface area contributed by atoms with E-state index in [4.69, 9.17) is 0 Å². The highest BCUT2D eigenvalue weighted by Crippen LogP contribution is 2.22. The number of anilines is 1. The zero-order valence-electron chi connectivity index (χ0n) is 20.2. The van der Waals surface area contributed by atoms with Crippen molar-refractivity contribution in [1.29, 1.82) is 0 Å². The van der Waals surface area contributed by atoms with Crippen molar-refractivity contribution < 1.29 is 4.79 Å². The quantitative estimate of drug-likeness (QED) is 0.432. The Balaban J connectivity index is 1.23. The topological polar surface area (TPSA) is 75.7 Å². The van der Waals surface area contributed by atoms with Crippen LogP contribution in [0.4, 0.5) is 5.82 Å². The number of hydrogen-bond donors (Lipinski definition) is 0. The monoisotopic (exact) mass is 470 g/mol. The van der Waals surface area contributed by atoms with E-state index in [1.54, 1.807) is 27.7 Å². The van der Waals surface area contributed by atoms with E-state index in [9.17, 15) is 9.59 Å². The lowest BCUT2D eigenvalue weighted by atomic mass is 10.0. The third-order valence-electron chi connectivity index (χ3n) is 6.65. The molecule has 0 N–H and O–H groups in total. The van der Waals surface area contributed by atoms with Crippen LogP contribution >= 0.6 is 0 Å². The standard InChI is InChI=1S/C27H30N6O2/c1-20(2)21-6-8-22(9-7-21)23-19-24-27(35)32(17-18-33(24)29-23)12-10-26(34)31-15-13-30(14-16-31)25-5-3-4-11-28-25/h3-9,11,17-20H,10,12-16H2,1-2H3. The molecule has 4 aromatic rings. The summed E-state index contributed by atoms with van der Waals surface area (Å²) in [6.45, 7) is 7.50. The van der Waals surface area contributed by atoms with Gasteiger partial charge in [-0.3, -0.25) is 9.59 Å². The summed E-state index contributed by atoms with van der Waals surface area (Å²) in [6, 6.07) is 16.0. The maximum atomic E-state index is 13.1. The fourth-order valence-electron chi connectivity index (χ4n) is 4.48. The molecule has 1 saturated heterocycles. The number of benzene rings is 1. The molecule has 4 heterocycles. The molecule has 0 aliphatic carbocycles. The summed E-state index contributed by atoms with van der Waals surface area (Å²) in [5.74, 6) is 1.47. The number of nitrogens with zero attached hydrogens (tertiary/aromatic N) is 6. The van der Waals surface area contributed by atoms with Crippen LogP contribution in [0.15, 0.2) is 71.9 Å². The van der Waals surface area contributed by atoms with E-state index in [1.165, 1.54) is 5.56 Å². The van der Waals surface area contributed by atoms with E-state index < -0.39 is 0 Å². The third-order valence-corrected chi connectivity index (χ3v) is 6.65. The number of carbonyl (C=O) groups excluding carboxylic acids is 1. The fourth-order valence-corrected chi connectivity index (χ4v) is 4.48. The van der Waals surface area contributed by atoms with Gasteiger partial charge in [0.05, 0.1) is 5.69 Å². The molecule has 0 unspecified atom stereocenters. The van der Waals surface area contributed by atoms with Crippen LogP contribution in [0, 0.1) is 0 Å². The molecular weight excluding hydrogens is 440 g/mol. The molecule has 8 nitrogen and oxygen atoms in total. The molecule has 1 fully saturated rings. The SMILES string of the molecule is CC(C)c1ccc(-c2cc3c(=O)n(CCC(=O)N4CCN(c5ccccn5)CC4)ccn3n2)cc1. The van der Waals surface area contributed by atoms with Gasteiger partial charge in [-0.15, -0.1) is 0 Å². The van der Waals surface area contributed by atoms with Gasteiger partial charge in [0.15, 0.2) is 0 Å². The maximum Gasteiger partial charge on any atom is 0.276 e. The molecule has 8 heteroatoms. The molecule has 180 valence electrons. The van der Waals surface area contributed by atoms with E-state index in [-0.39, 0.29) is 17.9 Å². The van der Waals surface area contributed by atoms with Crippen molar-refractivity contribution in [2.45, 2.75) is 32.7 Å². The van der Waals surface area contributed by atoms with Crippen molar-refractivity contribution in [2.75, 3.05) is 31.1 Å². The van der Waals surface area contributed by atoms with Crippen molar-refractivity contribution in [3.63, 3.8) is 0 Å². The Morgan fingerprint density at radius 1 is 1.00 bits per heavy atom. The van der Waals surface area contributed by atoms with Crippen molar-refractivity contribution in [3.05, 3.63) is 83.0 Å². The zero-order valence-corrected chi connectivity index (χ0v) is 20.2. The molecule has 0 spiro atoms. The number of pyridine rings is 1. The van der Waals surface area contributed by atoms with E-state index >= 15 is 0 Å². The van der Waals surface area contributed by atoms with Crippen LogP contribution in [0.25, 0.3) is 16.8 Å². The van der Waals surface area contributed by atoms with Gasteiger partial charge in [0.1, 0.15) is 11.3 Å². The molecule has 0 bridgehead atoms. The number of hydrogen-bond acceptors (Lipinski definition) is 5. The van der Waals surface area contributed by atoms with Crippen LogP contribution in [0.5, 0.6) is 0 Å². The Kier molecular flexibility index (Phi) is 6.35. The van der Waals surface area contributed by atoms with Crippen molar-refractivity contribution in [2.24, 2.45) is 0 Å². The lowest BCUT2D eigenvalue weighted by Gasteiger charge is -2.35. The first-order chi connectivity index (χ1) is 17.0. The normalized spacial score (nSPS) is 14.1. The maximum absolute atomic E-state index is 13.1. The number of aryl methyl sites for hydroxylation is 1. The first-order valence-electron chi connectivity index (χ1n) is 12.1. The molecule has 3 aromatic heterocycles. The van der Waals surface area contributed by atoms with Crippen LogP contribution in [-0.4, -0.2) is 56.2 Å². The summed E-state index contributed by atoms with van der Waals surface area (Å²) < 4.78 is 3.22. The second-order valence-electron chi connectivity index (χ2n) is 9.24. The number of rotatable bonds is 6. The number of fused-ring (bicyclic) bond motifs is 1. The molecule has 0 radical (unpaired) electrons. The summed E-state index contributed by atoms with van der Waals surface area (Å²) >= 11 is 0. The Bertz CT molecular complexity index is 1370. The van der Waals surface area contributed by atoms with Crippen molar-refractivity contribution in [3.8, 4) is 11.3 Å². The van der Waals surface area contributed by atoms with Gasteiger partial charge in [-0.25, -0.2) is 9.50 Å². The van der Waals surface area contributed by atoms with Gasteiger partial charge >= 0.3 is 0 Å². The van der Waals surface area contributed by atoms with Gasteiger partial charge in [0.25, 0.3) is 5.56 Å². The molecule has 1 aromatic carbocycles. The average Bonchev–Trinajstić information content (AvgIpc) is 3.34. The Morgan fingerprint density at radius 2 is 1.77 bits per heavy atom. The second-order valence-corrected chi connectivity index (χ2v) is 9.24. The Hall–Kier alpha value is -3.94. The first-order valence-corrected chi connectivity index (χ1v) is 12.1. The van der Waals surface area contributed by atoms with Gasteiger partial charge in [0.2, 0.25) is 5.91 Å². The minimum absolute atomic E-state index is 0.0666. The van der Waals surface area contributed by atoms with Gasteiger partial charge in [-0.05, 0) is 29.7 Å². The van der Waals surface area contributed by atoms with Crippen LogP contribution in [0.1, 0.15) is 31.7 Å². The van der Waals surface area contributed by atoms with Gasteiger partial charge < -0.3 is 14.4 Å². The second kappa shape index (κ2) is 9.74. The average molecular weight is 471 g/mol. The highest BCUT2D eigenvalue weighted by molar-refractivity contribution is 5.76. The summed E-state index contributed by atoms with van der Waals surface area (Å²) in [7, 11) is 0. The highest BCUT2D eigenvalue weighted by atomic mass is 16.2. The first kappa shape index (κ1) is 22.8. The van der Waals surface area contributed by atoms with E-state index in [1.807, 2.05) is 41.3 Å². The summed E-state index contributed by atoms with van der Waals surface area (Å²) in [6.07, 6.45) is 5.56. The molecule has 35 heavy (non-hydrogen) atoms. The van der Waals surface area contributed by atoms with Crippen LogP contribution in [-0.2, 0) is 11.3 Å². The number of piperazine rings is 1. The van der Waals surface area contributed by atoms with Gasteiger partial charge in [-0.2, -0.15) is 5.10 Å². The number of amides is 1. The lowest BCUT2D eigenvalue weighted by Crippen LogP contribution is -2.49. The predicted molar refractivity (Wildman–Crippen MR) is 137 cm³/mol. The minimum Gasteiger partial charge on any atom is -0.353 e. The smallest absolute Gasteiger partial charge is 0.276 e. The summed E-state index contributed by atoms with van der Waals surface area (Å²) in [5.41, 5.74) is 3.37. The van der Waals surface area contributed by atoms with Crippen LogP contribution in [0.2, 0.25) is 0 Å². The Labute approximate surface area is 204 Å². The molecule has 0 saturated carbocycles. The predicted octanol–water partition coefficient (Wildman–Crippen LogP) is 3.42. The third kappa shape index (κ3) is 4.82. The van der Waals surface area contributed by atoms with Crippen LogP contribution < -0.4 is 10.5 Å². The van der Waals surface area contributed by atoms with Gasteiger partial charge in [-0.1, -0.05) is 44.2 Å². The van der Waals surface area contributed by atoms with E-state index in [0.717, 1.165) is 30.2 Å². The Morgan fingerprint density at radius 3 is 2.46 bits per heavy atom. The van der Waals surface area contributed by atoms with Crippen molar-refractivity contribution >= 4 is 17.2 Å². The molecule has 1 amide bonds. The van der Waals surface area contributed by atoms with E-state index in [0.29, 0.717) is 31.1 Å². The largest absolute Gasteiger partial charge is 0.353 e. The molecule has 1 aliphatic heterocycles. The molecule has 0 atom stereocenters. The lowest BCUT2D eigenvalue weighted by molar-refractivity contribution is -0.131. The summed E-state index contributed by atoms with van der Waals surface area (Å²) in [5, 5.41) is 4.58. The number of aromatic nitrogens is 4. The molecule has 5 rings (SSSR count). The van der Waals surface area contributed by atoms with E-state index in [2.05, 4.69) is 41.0 Å². The molecular formula is C27H30N6O2. The number of carbonyl (C=O) groups is 1. The molecule has 1 aliphatic rings. The van der Waals surface area contributed by atoms with Crippen molar-refractivity contribution in [1.82, 2.24) is 24.1 Å². The summed E-state index contributed by atoms with van der Waals surface area (Å²) in [4.78, 5) is 34.3. The van der Waals surface area contributed by atoms with Crippen LogP contribution in [0.3, 0.4) is 0 Å². The van der Waals surface area contributed by atoms with Gasteiger partial charge in [0, 0.05) is 63.3 Å². The minimum atomic E-state index is -0.141. The zero-order chi connectivity index (χ0) is 24.4. The highest BCUT2D eigenvalue weighted by Gasteiger charge is 2.21. The fraction of sp³-hybridized carbons (Fsp3) is 0.333.